The summed E-state index contributed by atoms with van der Waals surface area (Å²) in [6.45, 7) is 0. The molecule has 0 saturated carbocycles. The van der Waals surface area contributed by atoms with Crippen molar-refractivity contribution in [2.45, 2.75) is 19.3 Å². The fourth-order valence-corrected chi connectivity index (χ4v) is 1.26. The van der Waals surface area contributed by atoms with E-state index >= 15 is 0 Å². The Morgan fingerprint density at radius 3 is 2.13 bits per heavy atom. The molecule has 0 spiro atoms. The van der Waals surface area contributed by atoms with E-state index in [9.17, 15) is 9.59 Å². The standard InChI is InChI=1S/C11H12O4/c12-10(13)3-1-2-8-4-6-9(7-5-8)11(14)15/h4-7H,1-3H2,(H,12,13)(H,14,15). The normalized spacial score (nSPS) is 9.87. The van der Waals surface area contributed by atoms with Crippen LogP contribution in [0.3, 0.4) is 0 Å². The van der Waals surface area contributed by atoms with Gasteiger partial charge in [0.05, 0.1) is 5.56 Å². The Kier molecular flexibility index (Phi) is 3.85. The van der Waals surface area contributed by atoms with Crippen LogP contribution in [0.5, 0.6) is 0 Å². The van der Waals surface area contributed by atoms with Crippen molar-refractivity contribution >= 4 is 11.9 Å². The lowest BCUT2D eigenvalue weighted by molar-refractivity contribution is -0.137. The average molecular weight is 208 g/mol. The summed E-state index contributed by atoms with van der Waals surface area (Å²) in [5, 5.41) is 17.1. The number of carboxylic acid groups (broad SMARTS) is 2. The van der Waals surface area contributed by atoms with Crippen LogP contribution in [0.4, 0.5) is 0 Å². The van der Waals surface area contributed by atoms with Crippen molar-refractivity contribution in [3.8, 4) is 0 Å². The van der Waals surface area contributed by atoms with Crippen molar-refractivity contribution < 1.29 is 19.8 Å². The SMILES string of the molecule is O=C(O)CCCc1ccc(C(=O)O)cc1. The summed E-state index contributed by atoms with van der Waals surface area (Å²) in [6, 6.07) is 6.48. The summed E-state index contributed by atoms with van der Waals surface area (Å²) >= 11 is 0. The van der Waals surface area contributed by atoms with Crippen LogP contribution in [-0.4, -0.2) is 22.2 Å². The van der Waals surface area contributed by atoms with Crippen LogP contribution >= 0.6 is 0 Å². The molecule has 0 unspecified atom stereocenters. The quantitative estimate of drug-likeness (QED) is 0.773. The minimum atomic E-state index is -0.952. The van der Waals surface area contributed by atoms with Crippen molar-refractivity contribution in [1.82, 2.24) is 0 Å². The maximum atomic E-state index is 10.5. The largest absolute Gasteiger partial charge is 0.481 e. The number of hydrogen-bond donors (Lipinski definition) is 2. The summed E-state index contributed by atoms with van der Waals surface area (Å²) in [7, 11) is 0. The number of carboxylic acids is 2. The molecule has 2 N–H and O–H groups in total. The zero-order valence-electron chi connectivity index (χ0n) is 8.14. The highest BCUT2D eigenvalue weighted by Gasteiger charge is 2.02. The molecular weight excluding hydrogens is 196 g/mol. The van der Waals surface area contributed by atoms with Gasteiger partial charge in [0.15, 0.2) is 0 Å². The second-order valence-corrected chi connectivity index (χ2v) is 3.25. The first-order chi connectivity index (χ1) is 7.09. The zero-order valence-corrected chi connectivity index (χ0v) is 8.14. The third-order valence-corrected chi connectivity index (χ3v) is 2.06. The molecule has 0 aromatic heterocycles. The lowest BCUT2D eigenvalue weighted by atomic mass is 10.1. The van der Waals surface area contributed by atoms with Gasteiger partial charge in [-0.25, -0.2) is 4.79 Å². The monoisotopic (exact) mass is 208 g/mol. The van der Waals surface area contributed by atoms with E-state index in [1.807, 2.05) is 0 Å². The van der Waals surface area contributed by atoms with Crippen molar-refractivity contribution in [3.05, 3.63) is 35.4 Å². The van der Waals surface area contributed by atoms with Gasteiger partial charge in [-0.2, -0.15) is 0 Å². The third kappa shape index (κ3) is 3.81. The van der Waals surface area contributed by atoms with Crippen LogP contribution in [0.25, 0.3) is 0 Å². The smallest absolute Gasteiger partial charge is 0.335 e. The van der Waals surface area contributed by atoms with E-state index in [1.165, 1.54) is 12.1 Å². The van der Waals surface area contributed by atoms with Gasteiger partial charge in [0.2, 0.25) is 0 Å². The second kappa shape index (κ2) is 5.14. The molecule has 0 heterocycles. The van der Waals surface area contributed by atoms with Crippen molar-refractivity contribution in [2.24, 2.45) is 0 Å². The molecular formula is C11H12O4. The lowest BCUT2D eigenvalue weighted by Crippen LogP contribution is -1.98. The van der Waals surface area contributed by atoms with Crippen molar-refractivity contribution in [1.29, 1.82) is 0 Å². The first-order valence-corrected chi connectivity index (χ1v) is 4.63. The van der Waals surface area contributed by atoms with E-state index in [-0.39, 0.29) is 12.0 Å². The van der Waals surface area contributed by atoms with Gasteiger partial charge in [-0.1, -0.05) is 12.1 Å². The molecule has 0 radical (unpaired) electrons. The molecule has 1 rings (SSSR count). The number of aryl methyl sites for hydroxylation is 1. The van der Waals surface area contributed by atoms with Gasteiger partial charge in [-0.05, 0) is 30.5 Å². The number of aromatic carboxylic acids is 1. The molecule has 0 aliphatic heterocycles. The molecule has 4 heteroatoms. The highest BCUT2D eigenvalue weighted by atomic mass is 16.4. The van der Waals surface area contributed by atoms with Crippen LogP contribution in [-0.2, 0) is 11.2 Å². The van der Waals surface area contributed by atoms with Crippen LogP contribution in [0, 0.1) is 0 Å². The average Bonchev–Trinajstić information content (AvgIpc) is 2.18. The molecule has 0 saturated heterocycles. The Labute approximate surface area is 87.2 Å². The highest BCUT2D eigenvalue weighted by molar-refractivity contribution is 5.87. The minimum Gasteiger partial charge on any atom is -0.481 e. The fourth-order valence-electron chi connectivity index (χ4n) is 1.26. The molecule has 0 fully saturated rings. The molecule has 0 atom stereocenters. The van der Waals surface area contributed by atoms with E-state index in [2.05, 4.69) is 0 Å². The first-order valence-electron chi connectivity index (χ1n) is 4.63. The molecule has 80 valence electrons. The second-order valence-electron chi connectivity index (χ2n) is 3.25. The maximum absolute atomic E-state index is 10.5. The van der Waals surface area contributed by atoms with Crippen LogP contribution in [0.15, 0.2) is 24.3 Å². The first kappa shape index (κ1) is 11.2. The number of benzene rings is 1. The van der Waals surface area contributed by atoms with Crippen LogP contribution in [0.1, 0.15) is 28.8 Å². The molecule has 0 amide bonds. The van der Waals surface area contributed by atoms with Crippen LogP contribution in [0.2, 0.25) is 0 Å². The molecule has 4 nitrogen and oxygen atoms in total. The Morgan fingerprint density at radius 2 is 1.67 bits per heavy atom. The molecule has 0 aliphatic rings. The van der Waals surface area contributed by atoms with Gasteiger partial charge < -0.3 is 10.2 Å². The van der Waals surface area contributed by atoms with Gasteiger partial charge in [0, 0.05) is 6.42 Å². The highest BCUT2D eigenvalue weighted by Crippen LogP contribution is 2.07. The molecule has 1 aromatic carbocycles. The number of carbonyl (C=O) groups is 2. The van der Waals surface area contributed by atoms with E-state index < -0.39 is 11.9 Å². The number of hydrogen-bond acceptors (Lipinski definition) is 2. The fraction of sp³-hybridized carbons (Fsp3) is 0.273. The van der Waals surface area contributed by atoms with Gasteiger partial charge in [0.25, 0.3) is 0 Å². The van der Waals surface area contributed by atoms with Gasteiger partial charge >= 0.3 is 11.9 Å². The number of rotatable bonds is 5. The maximum Gasteiger partial charge on any atom is 0.335 e. The lowest BCUT2D eigenvalue weighted by Gasteiger charge is -2.00. The van der Waals surface area contributed by atoms with Gasteiger partial charge in [-0.15, -0.1) is 0 Å². The Balaban J connectivity index is 2.50. The zero-order chi connectivity index (χ0) is 11.3. The Hall–Kier alpha value is -1.84. The van der Waals surface area contributed by atoms with E-state index in [0.29, 0.717) is 12.8 Å². The summed E-state index contributed by atoms with van der Waals surface area (Å²) in [5.74, 6) is -1.76. The van der Waals surface area contributed by atoms with Crippen LogP contribution < -0.4 is 0 Å². The summed E-state index contributed by atoms with van der Waals surface area (Å²) in [4.78, 5) is 20.8. The topological polar surface area (TPSA) is 74.6 Å². The van der Waals surface area contributed by atoms with Crippen molar-refractivity contribution in [3.63, 3.8) is 0 Å². The van der Waals surface area contributed by atoms with Gasteiger partial charge in [-0.3, -0.25) is 4.79 Å². The minimum absolute atomic E-state index is 0.140. The van der Waals surface area contributed by atoms with E-state index in [0.717, 1.165) is 5.56 Å². The van der Waals surface area contributed by atoms with E-state index in [1.54, 1.807) is 12.1 Å². The predicted molar refractivity (Wildman–Crippen MR) is 54.0 cm³/mol. The molecule has 15 heavy (non-hydrogen) atoms. The summed E-state index contributed by atoms with van der Waals surface area (Å²) in [5.41, 5.74) is 1.21. The summed E-state index contributed by atoms with van der Waals surface area (Å²) in [6.07, 6.45) is 1.37. The van der Waals surface area contributed by atoms with E-state index in [4.69, 9.17) is 10.2 Å². The predicted octanol–water partition coefficient (Wildman–Crippen LogP) is 1.79. The van der Waals surface area contributed by atoms with Gasteiger partial charge in [0.1, 0.15) is 0 Å². The molecule has 0 aliphatic carbocycles. The molecule has 0 bridgehead atoms. The Morgan fingerprint density at radius 1 is 1.07 bits per heavy atom. The Bertz CT molecular complexity index is 353. The third-order valence-electron chi connectivity index (χ3n) is 2.06. The summed E-state index contributed by atoms with van der Waals surface area (Å²) < 4.78 is 0. The molecule has 1 aromatic rings. The van der Waals surface area contributed by atoms with Crippen molar-refractivity contribution in [2.75, 3.05) is 0 Å². The number of aliphatic carboxylic acids is 1.